The van der Waals surface area contributed by atoms with Crippen LogP contribution < -0.4 is 0 Å². The van der Waals surface area contributed by atoms with Crippen LogP contribution in [0.1, 0.15) is 38.7 Å². The van der Waals surface area contributed by atoms with Crippen molar-refractivity contribution < 1.29 is 13.2 Å². The summed E-state index contributed by atoms with van der Waals surface area (Å²) in [5, 5.41) is 0.134. The second kappa shape index (κ2) is 6.38. The number of rotatable bonds is 5. The van der Waals surface area contributed by atoms with Crippen LogP contribution in [0.3, 0.4) is 0 Å². The molecule has 118 valence electrons. The molecule has 0 saturated heterocycles. The SMILES string of the molecule is C=CCC(C[Si](C)(C)C(C)(C)C)c1cc(F)cc(F)c1F. The Balaban J connectivity index is 3.23. The summed E-state index contributed by atoms with van der Waals surface area (Å²) in [5.41, 5.74) is 0.136. The van der Waals surface area contributed by atoms with Crippen molar-refractivity contribution in [2.75, 3.05) is 0 Å². The minimum Gasteiger partial charge on any atom is -0.207 e. The van der Waals surface area contributed by atoms with E-state index < -0.39 is 25.5 Å². The van der Waals surface area contributed by atoms with Crippen molar-refractivity contribution in [3.8, 4) is 0 Å². The van der Waals surface area contributed by atoms with Crippen LogP contribution in [0.25, 0.3) is 0 Å². The summed E-state index contributed by atoms with van der Waals surface area (Å²) in [6.07, 6.45) is 2.21. The van der Waals surface area contributed by atoms with Crippen LogP contribution in [0.4, 0.5) is 13.2 Å². The van der Waals surface area contributed by atoms with Crippen molar-refractivity contribution in [2.45, 2.75) is 57.3 Å². The van der Waals surface area contributed by atoms with Gasteiger partial charge in [-0.25, -0.2) is 13.2 Å². The molecule has 0 amide bonds. The molecular weight excluding hydrogens is 289 g/mol. The molecule has 4 heteroatoms. The molecule has 0 aliphatic heterocycles. The number of hydrogen-bond acceptors (Lipinski definition) is 0. The zero-order chi connectivity index (χ0) is 16.4. The van der Waals surface area contributed by atoms with Gasteiger partial charge in [0, 0.05) is 6.07 Å². The molecule has 0 fully saturated rings. The summed E-state index contributed by atoms with van der Waals surface area (Å²) in [4.78, 5) is 0. The van der Waals surface area contributed by atoms with E-state index in [1.165, 1.54) is 0 Å². The fraction of sp³-hybridized carbons (Fsp3) is 0.529. The highest BCUT2D eigenvalue weighted by Gasteiger charge is 2.37. The van der Waals surface area contributed by atoms with Crippen molar-refractivity contribution in [1.82, 2.24) is 0 Å². The number of allylic oxidation sites excluding steroid dienone is 1. The molecule has 0 nitrogen and oxygen atoms in total. The van der Waals surface area contributed by atoms with E-state index in [0.717, 1.165) is 12.1 Å². The molecule has 0 radical (unpaired) electrons. The van der Waals surface area contributed by atoms with E-state index in [-0.39, 0.29) is 16.5 Å². The number of benzene rings is 1. The number of hydrogen-bond donors (Lipinski definition) is 0. The molecule has 1 aromatic carbocycles. The maximum atomic E-state index is 14.1. The topological polar surface area (TPSA) is 0 Å². The van der Waals surface area contributed by atoms with Gasteiger partial charge in [-0.1, -0.05) is 39.9 Å². The van der Waals surface area contributed by atoms with Crippen molar-refractivity contribution in [1.29, 1.82) is 0 Å². The second-order valence-corrected chi connectivity index (χ2v) is 13.0. The first kappa shape index (κ1) is 18.0. The Kier molecular flexibility index (Phi) is 5.48. The molecule has 0 aromatic heterocycles. The minimum absolute atomic E-state index is 0.134. The van der Waals surface area contributed by atoms with Crippen LogP contribution in [-0.4, -0.2) is 8.07 Å². The van der Waals surface area contributed by atoms with E-state index in [9.17, 15) is 13.2 Å². The molecular formula is C17H25F3Si. The Labute approximate surface area is 127 Å². The maximum Gasteiger partial charge on any atom is 0.162 e. The summed E-state index contributed by atoms with van der Waals surface area (Å²) in [7, 11) is -1.71. The van der Waals surface area contributed by atoms with Crippen molar-refractivity contribution in [3.05, 3.63) is 47.8 Å². The average molecular weight is 314 g/mol. The fourth-order valence-electron chi connectivity index (χ4n) is 2.32. The lowest BCUT2D eigenvalue weighted by molar-refractivity contribution is 0.476. The normalized spacial score (nSPS) is 14.1. The predicted molar refractivity (Wildman–Crippen MR) is 85.9 cm³/mol. The van der Waals surface area contributed by atoms with Crippen molar-refractivity contribution in [3.63, 3.8) is 0 Å². The smallest absolute Gasteiger partial charge is 0.162 e. The van der Waals surface area contributed by atoms with Gasteiger partial charge in [-0.2, -0.15) is 0 Å². The summed E-state index contributed by atoms with van der Waals surface area (Å²) < 4.78 is 41.0. The van der Waals surface area contributed by atoms with E-state index in [4.69, 9.17) is 0 Å². The first-order valence-electron chi connectivity index (χ1n) is 7.25. The molecule has 0 aliphatic carbocycles. The Morgan fingerprint density at radius 3 is 2.24 bits per heavy atom. The van der Waals surface area contributed by atoms with Gasteiger partial charge in [0.05, 0.1) is 8.07 Å². The molecule has 21 heavy (non-hydrogen) atoms. The molecule has 0 saturated carbocycles. The fourth-order valence-corrected chi connectivity index (χ4v) is 4.55. The molecule has 1 unspecified atom stereocenters. The highest BCUT2D eigenvalue weighted by atomic mass is 28.3. The van der Waals surface area contributed by atoms with Gasteiger partial charge in [-0.3, -0.25) is 0 Å². The van der Waals surface area contributed by atoms with Gasteiger partial charge in [0.1, 0.15) is 5.82 Å². The van der Waals surface area contributed by atoms with E-state index in [2.05, 4.69) is 40.4 Å². The lowest BCUT2D eigenvalue weighted by atomic mass is 9.96. The second-order valence-electron chi connectivity index (χ2n) is 7.35. The first-order chi connectivity index (χ1) is 9.49. The largest absolute Gasteiger partial charge is 0.207 e. The van der Waals surface area contributed by atoms with Gasteiger partial charge in [0.2, 0.25) is 0 Å². The Morgan fingerprint density at radius 2 is 1.76 bits per heavy atom. The van der Waals surface area contributed by atoms with Crippen molar-refractivity contribution in [2.24, 2.45) is 0 Å². The average Bonchev–Trinajstić information content (AvgIpc) is 2.31. The van der Waals surface area contributed by atoms with Crippen molar-refractivity contribution >= 4 is 8.07 Å². The van der Waals surface area contributed by atoms with Gasteiger partial charge < -0.3 is 0 Å². The third kappa shape index (κ3) is 4.22. The molecule has 0 N–H and O–H groups in total. The standard InChI is InChI=1S/C17H25F3Si/c1-7-8-12(11-21(5,6)17(2,3)4)14-9-13(18)10-15(19)16(14)20/h7,9-10,12H,1,8,11H2,2-6H3. The molecule has 0 spiro atoms. The lowest BCUT2D eigenvalue weighted by Gasteiger charge is -2.39. The van der Waals surface area contributed by atoms with E-state index in [1.807, 2.05) is 0 Å². The van der Waals surface area contributed by atoms with E-state index >= 15 is 0 Å². The Morgan fingerprint density at radius 1 is 1.19 bits per heavy atom. The highest BCUT2D eigenvalue weighted by molar-refractivity contribution is 6.80. The lowest BCUT2D eigenvalue weighted by Crippen LogP contribution is -2.38. The summed E-state index contributed by atoms with van der Waals surface area (Å²) in [6.45, 7) is 14.7. The molecule has 1 atom stereocenters. The molecule has 1 rings (SSSR count). The van der Waals surface area contributed by atoms with Gasteiger partial charge in [0.15, 0.2) is 11.6 Å². The van der Waals surface area contributed by atoms with Crippen LogP contribution in [-0.2, 0) is 0 Å². The summed E-state index contributed by atoms with van der Waals surface area (Å²) in [6, 6.07) is 2.48. The van der Waals surface area contributed by atoms with Gasteiger partial charge in [0.25, 0.3) is 0 Å². The summed E-state index contributed by atoms with van der Waals surface area (Å²) in [5.74, 6) is -3.00. The zero-order valence-electron chi connectivity index (χ0n) is 13.6. The number of halogens is 3. The maximum absolute atomic E-state index is 14.1. The Hall–Kier alpha value is -1.03. The van der Waals surface area contributed by atoms with Gasteiger partial charge in [-0.15, -0.1) is 6.58 Å². The predicted octanol–water partition coefficient (Wildman–Crippen LogP) is 6.27. The zero-order valence-corrected chi connectivity index (χ0v) is 14.6. The van der Waals surface area contributed by atoms with Crippen LogP contribution in [0, 0.1) is 17.5 Å². The molecule has 0 heterocycles. The third-order valence-electron chi connectivity index (χ3n) is 4.70. The summed E-state index contributed by atoms with van der Waals surface area (Å²) >= 11 is 0. The first-order valence-corrected chi connectivity index (χ1v) is 10.5. The minimum atomic E-state index is -1.71. The van der Waals surface area contributed by atoms with Crippen LogP contribution in [0.15, 0.2) is 24.8 Å². The molecule has 0 bridgehead atoms. The van der Waals surface area contributed by atoms with E-state index in [0.29, 0.717) is 12.5 Å². The van der Waals surface area contributed by atoms with Gasteiger partial charge >= 0.3 is 0 Å². The van der Waals surface area contributed by atoms with E-state index in [1.54, 1.807) is 6.08 Å². The monoisotopic (exact) mass is 314 g/mol. The quantitative estimate of drug-likeness (QED) is 0.341. The van der Waals surface area contributed by atoms with Crippen LogP contribution in [0.5, 0.6) is 0 Å². The van der Waals surface area contributed by atoms with Crippen LogP contribution >= 0.6 is 0 Å². The third-order valence-corrected chi connectivity index (χ3v) is 10.3. The molecule has 1 aromatic rings. The van der Waals surface area contributed by atoms with Gasteiger partial charge in [-0.05, 0) is 35.1 Å². The Bertz CT molecular complexity index is 516. The van der Waals surface area contributed by atoms with Crippen LogP contribution in [0.2, 0.25) is 24.2 Å². The molecule has 0 aliphatic rings. The highest BCUT2D eigenvalue weighted by Crippen LogP contribution is 2.44.